The van der Waals surface area contributed by atoms with E-state index in [1.165, 1.54) is 11.3 Å². The number of hydrogen-bond donors (Lipinski definition) is 1. The molecule has 0 bridgehead atoms. The Morgan fingerprint density at radius 1 is 1.10 bits per heavy atom. The molecule has 0 saturated carbocycles. The highest BCUT2D eigenvalue weighted by molar-refractivity contribution is 7.16. The van der Waals surface area contributed by atoms with Crippen molar-refractivity contribution < 1.29 is 9.53 Å². The molecule has 2 heterocycles. The molecule has 2 aromatic rings. The van der Waals surface area contributed by atoms with Crippen molar-refractivity contribution in [3.05, 3.63) is 51.9 Å². The molecule has 0 atom stereocenters. The normalized spacial score (nSPS) is 18.5. The number of ketones is 1. The Labute approximate surface area is 128 Å². The first-order valence-corrected chi connectivity index (χ1v) is 7.79. The monoisotopic (exact) mass is 301 g/mol. The van der Waals surface area contributed by atoms with Gasteiger partial charge in [-0.2, -0.15) is 0 Å². The van der Waals surface area contributed by atoms with Crippen molar-refractivity contribution in [3.63, 3.8) is 0 Å². The van der Waals surface area contributed by atoms with Gasteiger partial charge in [-0.1, -0.05) is 30.3 Å². The lowest BCUT2D eigenvalue weighted by Gasteiger charge is -2.26. The number of fused-ring (bicyclic) bond motifs is 1. The van der Waals surface area contributed by atoms with Gasteiger partial charge in [-0.15, -0.1) is 11.3 Å². The Bertz CT molecular complexity index is 714. The summed E-state index contributed by atoms with van der Waals surface area (Å²) in [6.45, 7) is 8.03. The third-order valence-corrected chi connectivity index (χ3v) is 5.18. The van der Waals surface area contributed by atoms with Gasteiger partial charge in [0.1, 0.15) is 0 Å². The molecule has 3 rings (SSSR count). The molecule has 21 heavy (non-hydrogen) atoms. The number of carbonyl (C=O) groups excluding carboxylic acids is 1. The van der Waals surface area contributed by atoms with Gasteiger partial charge in [0.05, 0.1) is 21.8 Å². The predicted molar refractivity (Wildman–Crippen MR) is 85.7 cm³/mol. The fraction of sp³-hybridized carbons (Fsp3) is 0.353. The van der Waals surface area contributed by atoms with Crippen LogP contribution in [-0.4, -0.2) is 5.78 Å². The van der Waals surface area contributed by atoms with Crippen LogP contribution in [0.2, 0.25) is 0 Å². The van der Waals surface area contributed by atoms with Gasteiger partial charge in [0.15, 0.2) is 5.78 Å². The first kappa shape index (κ1) is 14.3. The Hall–Kier alpha value is -1.65. The lowest BCUT2D eigenvalue weighted by molar-refractivity contribution is -0.104. The van der Waals surface area contributed by atoms with Crippen LogP contribution in [-0.2, 0) is 15.9 Å². The molecule has 1 aliphatic rings. The summed E-state index contributed by atoms with van der Waals surface area (Å²) in [5.74, 6) is -0.0278. The minimum Gasteiger partial charge on any atom is -0.390 e. The van der Waals surface area contributed by atoms with Crippen LogP contribution in [0.1, 0.15) is 54.1 Å². The van der Waals surface area contributed by atoms with Crippen molar-refractivity contribution in [1.82, 2.24) is 0 Å². The molecule has 1 aliphatic heterocycles. The first-order valence-electron chi connectivity index (χ1n) is 6.97. The molecule has 0 amide bonds. The summed E-state index contributed by atoms with van der Waals surface area (Å²) >= 11 is 1.47. The first-order chi connectivity index (χ1) is 9.74. The molecule has 3 nitrogen and oxygen atoms in total. The van der Waals surface area contributed by atoms with Crippen LogP contribution in [0.15, 0.2) is 30.3 Å². The van der Waals surface area contributed by atoms with E-state index in [1.807, 2.05) is 58.0 Å². The van der Waals surface area contributed by atoms with Crippen molar-refractivity contribution >= 4 is 22.1 Å². The number of carbonyl (C=O) groups is 1. The number of thiophene rings is 1. The van der Waals surface area contributed by atoms with Gasteiger partial charge < -0.3 is 10.5 Å². The fourth-order valence-corrected chi connectivity index (χ4v) is 4.40. The van der Waals surface area contributed by atoms with Crippen molar-refractivity contribution in [2.24, 2.45) is 0 Å². The van der Waals surface area contributed by atoms with Crippen molar-refractivity contribution in [2.75, 3.05) is 5.73 Å². The third-order valence-electron chi connectivity index (χ3n) is 3.86. The van der Waals surface area contributed by atoms with Gasteiger partial charge in [-0.25, -0.2) is 0 Å². The van der Waals surface area contributed by atoms with E-state index in [4.69, 9.17) is 10.5 Å². The number of benzene rings is 1. The molecular weight excluding hydrogens is 282 g/mol. The van der Waals surface area contributed by atoms with Gasteiger partial charge in [0, 0.05) is 16.0 Å². The fourth-order valence-electron chi connectivity index (χ4n) is 3.14. The molecule has 1 aromatic heterocycles. The second-order valence-corrected chi connectivity index (χ2v) is 7.42. The van der Waals surface area contributed by atoms with E-state index in [2.05, 4.69) is 0 Å². The van der Waals surface area contributed by atoms with E-state index in [0.29, 0.717) is 16.1 Å². The molecule has 110 valence electrons. The van der Waals surface area contributed by atoms with Crippen LogP contribution in [0.5, 0.6) is 0 Å². The van der Waals surface area contributed by atoms with Crippen LogP contribution in [0, 0.1) is 0 Å². The zero-order chi connectivity index (χ0) is 15.4. The number of nitrogens with two attached hydrogens (primary N) is 1. The van der Waals surface area contributed by atoms with E-state index in [1.54, 1.807) is 0 Å². The van der Waals surface area contributed by atoms with Gasteiger partial charge in [-0.3, -0.25) is 4.79 Å². The summed E-state index contributed by atoms with van der Waals surface area (Å²) < 4.78 is 6.13. The number of anilines is 1. The van der Waals surface area contributed by atoms with Gasteiger partial charge in [0.2, 0.25) is 0 Å². The quantitative estimate of drug-likeness (QED) is 0.851. The molecule has 0 aliphatic carbocycles. The predicted octanol–water partition coefficient (Wildman–Crippen LogP) is 4.06. The van der Waals surface area contributed by atoms with E-state index < -0.39 is 11.2 Å². The van der Waals surface area contributed by atoms with Gasteiger partial charge in [0.25, 0.3) is 0 Å². The van der Waals surface area contributed by atoms with E-state index in [9.17, 15) is 4.79 Å². The lowest BCUT2D eigenvalue weighted by atomic mass is 9.90. The summed E-state index contributed by atoms with van der Waals surface area (Å²) in [7, 11) is 0. The number of rotatable bonds is 2. The molecule has 0 fully saturated rings. The van der Waals surface area contributed by atoms with Crippen molar-refractivity contribution in [1.29, 1.82) is 0 Å². The smallest absolute Gasteiger partial charge is 0.196 e. The SMILES string of the molecule is CC1(C)OC(C)(C)c2c1sc(N)c2C(=O)c1ccccc1. The highest BCUT2D eigenvalue weighted by atomic mass is 32.1. The maximum Gasteiger partial charge on any atom is 0.196 e. The maximum atomic E-state index is 12.9. The molecule has 0 saturated heterocycles. The van der Waals surface area contributed by atoms with Crippen LogP contribution < -0.4 is 5.73 Å². The van der Waals surface area contributed by atoms with E-state index in [-0.39, 0.29) is 5.78 Å². The third kappa shape index (κ3) is 2.10. The molecule has 1 aromatic carbocycles. The summed E-state index contributed by atoms with van der Waals surface area (Å²) in [6.07, 6.45) is 0. The van der Waals surface area contributed by atoms with Crippen molar-refractivity contribution in [3.8, 4) is 0 Å². The van der Waals surface area contributed by atoms with Crippen LogP contribution in [0.25, 0.3) is 0 Å². The van der Waals surface area contributed by atoms with Gasteiger partial charge in [-0.05, 0) is 27.7 Å². The molecule has 0 spiro atoms. The zero-order valence-corrected chi connectivity index (χ0v) is 13.5. The number of ether oxygens (including phenoxy) is 1. The topological polar surface area (TPSA) is 52.3 Å². The number of nitrogen functional groups attached to an aromatic ring is 1. The second kappa shape index (κ2) is 4.42. The van der Waals surface area contributed by atoms with E-state index in [0.717, 1.165) is 10.4 Å². The molecule has 2 N–H and O–H groups in total. The highest BCUT2D eigenvalue weighted by Crippen LogP contribution is 2.53. The van der Waals surface area contributed by atoms with Crippen LogP contribution >= 0.6 is 11.3 Å². The standard InChI is InChI=1S/C17H19NO2S/c1-16(2)12-11(13(19)10-8-6-5-7-9-10)15(18)21-14(12)17(3,4)20-16/h5-9H,18H2,1-4H3. The Morgan fingerprint density at radius 3 is 2.33 bits per heavy atom. The molecule has 0 radical (unpaired) electrons. The van der Waals surface area contributed by atoms with Crippen molar-refractivity contribution in [2.45, 2.75) is 38.9 Å². The van der Waals surface area contributed by atoms with Gasteiger partial charge >= 0.3 is 0 Å². The summed E-state index contributed by atoms with van der Waals surface area (Å²) in [5, 5.41) is 0.582. The minimum absolute atomic E-state index is 0.0278. The Kier molecular flexibility index (Phi) is 3.01. The summed E-state index contributed by atoms with van der Waals surface area (Å²) in [6, 6.07) is 9.26. The Balaban J connectivity index is 2.21. The maximum absolute atomic E-state index is 12.9. The average Bonchev–Trinajstić information content (AvgIpc) is 2.84. The molecule has 4 heteroatoms. The Morgan fingerprint density at radius 2 is 1.71 bits per heavy atom. The molecular formula is C17H19NO2S. The second-order valence-electron chi connectivity index (χ2n) is 6.36. The summed E-state index contributed by atoms with van der Waals surface area (Å²) in [4.78, 5) is 13.9. The largest absolute Gasteiger partial charge is 0.390 e. The van der Waals surface area contributed by atoms with Crippen LogP contribution in [0.3, 0.4) is 0 Å². The average molecular weight is 301 g/mol. The van der Waals surface area contributed by atoms with E-state index >= 15 is 0 Å². The lowest BCUT2D eigenvalue weighted by Crippen LogP contribution is -2.24. The number of hydrogen-bond acceptors (Lipinski definition) is 4. The summed E-state index contributed by atoms with van der Waals surface area (Å²) in [5.41, 5.74) is 7.47. The highest BCUT2D eigenvalue weighted by Gasteiger charge is 2.48. The van der Waals surface area contributed by atoms with Crippen LogP contribution in [0.4, 0.5) is 5.00 Å². The molecule has 0 unspecified atom stereocenters. The zero-order valence-electron chi connectivity index (χ0n) is 12.7. The minimum atomic E-state index is -0.507.